The largest absolute Gasteiger partial charge is 0.338 e. The number of nitrogens with zero attached hydrogens (tertiary/aromatic N) is 3. The predicted octanol–water partition coefficient (Wildman–Crippen LogP) is 5.61. The predicted molar refractivity (Wildman–Crippen MR) is 137 cm³/mol. The first-order valence-corrected chi connectivity index (χ1v) is 12.0. The number of amides is 2. The molecule has 176 valence electrons. The van der Waals surface area contributed by atoms with Gasteiger partial charge in [-0.1, -0.05) is 54.1 Å². The van der Waals surface area contributed by atoms with E-state index in [0.29, 0.717) is 29.9 Å². The molecule has 1 aliphatic heterocycles. The van der Waals surface area contributed by atoms with Crippen LogP contribution in [0.15, 0.2) is 85.1 Å². The van der Waals surface area contributed by atoms with Crippen LogP contribution in [0.4, 0.5) is 5.69 Å². The highest BCUT2D eigenvalue weighted by Crippen LogP contribution is 2.26. The van der Waals surface area contributed by atoms with Crippen molar-refractivity contribution >= 4 is 17.5 Å². The Morgan fingerprint density at radius 2 is 1.80 bits per heavy atom. The Morgan fingerprint density at radius 1 is 0.971 bits per heavy atom. The standard InChI is InChI=1S/C29H28N4O2/c1-21-9-7-11-23(17-21)28-26(20-33(31-28)25-13-3-2-4-14-25)29(35)30-24-12-8-10-22(18-24)19-32-16-6-5-15-27(32)34/h2-4,7-14,17-18,20H,5-6,15-16,19H2,1H3,(H,30,35). The molecule has 2 amide bonds. The summed E-state index contributed by atoms with van der Waals surface area (Å²) in [6, 6.07) is 25.5. The molecule has 1 N–H and O–H groups in total. The number of para-hydroxylation sites is 1. The van der Waals surface area contributed by atoms with Crippen molar-refractivity contribution in [3.63, 3.8) is 0 Å². The van der Waals surface area contributed by atoms with Gasteiger partial charge in [0.2, 0.25) is 5.91 Å². The molecule has 0 bridgehead atoms. The van der Waals surface area contributed by atoms with Crippen LogP contribution >= 0.6 is 0 Å². The molecule has 5 rings (SSSR count). The molecule has 0 saturated carbocycles. The molecule has 0 radical (unpaired) electrons. The van der Waals surface area contributed by atoms with Gasteiger partial charge >= 0.3 is 0 Å². The lowest BCUT2D eigenvalue weighted by molar-refractivity contribution is -0.133. The summed E-state index contributed by atoms with van der Waals surface area (Å²) in [7, 11) is 0. The van der Waals surface area contributed by atoms with Crippen molar-refractivity contribution in [3.05, 3.63) is 102 Å². The summed E-state index contributed by atoms with van der Waals surface area (Å²) in [6.45, 7) is 3.37. The monoisotopic (exact) mass is 464 g/mol. The molecule has 6 heteroatoms. The van der Waals surface area contributed by atoms with Crippen molar-refractivity contribution in [1.82, 2.24) is 14.7 Å². The van der Waals surface area contributed by atoms with Gasteiger partial charge in [0.25, 0.3) is 5.91 Å². The second kappa shape index (κ2) is 9.97. The molecule has 1 fully saturated rings. The number of aromatic nitrogens is 2. The van der Waals surface area contributed by atoms with Gasteiger partial charge in [0.15, 0.2) is 0 Å². The van der Waals surface area contributed by atoms with Crippen molar-refractivity contribution in [3.8, 4) is 16.9 Å². The fourth-order valence-electron chi connectivity index (χ4n) is 4.45. The Labute approximate surface area is 205 Å². The zero-order valence-electron chi connectivity index (χ0n) is 19.8. The normalized spacial score (nSPS) is 13.6. The van der Waals surface area contributed by atoms with E-state index in [1.807, 2.05) is 90.7 Å². The second-order valence-corrected chi connectivity index (χ2v) is 8.97. The lowest BCUT2D eigenvalue weighted by Gasteiger charge is -2.26. The minimum Gasteiger partial charge on any atom is -0.338 e. The van der Waals surface area contributed by atoms with Crippen LogP contribution in [0.2, 0.25) is 0 Å². The first-order valence-electron chi connectivity index (χ1n) is 12.0. The number of carbonyl (C=O) groups excluding carboxylic acids is 2. The molecule has 35 heavy (non-hydrogen) atoms. The van der Waals surface area contributed by atoms with E-state index in [1.54, 1.807) is 10.9 Å². The minimum atomic E-state index is -0.227. The van der Waals surface area contributed by atoms with Crippen molar-refractivity contribution in [2.45, 2.75) is 32.7 Å². The number of anilines is 1. The molecule has 0 atom stereocenters. The lowest BCUT2D eigenvalue weighted by atomic mass is 10.1. The van der Waals surface area contributed by atoms with Gasteiger partial charge < -0.3 is 10.2 Å². The van der Waals surface area contributed by atoms with Crippen molar-refractivity contribution in [2.24, 2.45) is 0 Å². The van der Waals surface area contributed by atoms with Gasteiger partial charge in [0.1, 0.15) is 5.69 Å². The maximum absolute atomic E-state index is 13.5. The maximum atomic E-state index is 13.5. The van der Waals surface area contributed by atoms with E-state index >= 15 is 0 Å². The van der Waals surface area contributed by atoms with Gasteiger partial charge in [0.05, 0.1) is 11.3 Å². The zero-order valence-corrected chi connectivity index (χ0v) is 19.8. The van der Waals surface area contributed by atoms with Gasteiger partial charge in [0, 0.05) is 37.0 Å². The molecule has 1 aromatic heterocycles. The van der Waals surface area contributed by atoms with Gasteiger partial charge in [-0.15, -0.1) is 0 Å². The summed E-state index contributed by atoms with van der Waals surface area (Å²) >= 11 is 0. The molecule has 0 spiro atoms. The van der Waals surface area contributed by atoms with E-state index in [4.69, 9.17) is 5.10 Å². The van der Waals surface area contributed by atoms with Gasteiger partial charge in [-0.3, -0.25) is 9.59 Å². The van der Waals surface area contributed by atoms with E-state index in [9.17, 15) is 9.59 Å². The Balaban J connectivity index is 1.43. The quantitative estimate of drug-likeness (QED) is 0.403. The molecule has 0 aliphatic carbocycles. The molecule has 3 aromatic carbocycles. The average Bonchev–Trinajstić information content (AvgIpc) is 3.32. The van der Waals surface area contributed by atoms with Crippen LogP contribution in [-0.4, -0.2) is 33.0 Å². The van der Waals surface area contributed by atoms with E-state index in [2.05, 4.69) is 5.32 Å². The Morgan fingerprint density at radius 3 is 2.60 bits per heavy atom. The first-order chi connectivity index (χ1) is 17.1. The molecule has 4 aromatic rings. The van der Waals surface area contributed by atoms with Crippen LogP contribution in [0.5, 0.6) is 0 Å². The van der Waals surface area contributed by atoms with Crippen LogP contribution in [-0.2, 0) is 11.3 Å². The Kier molecular flexibility index (Phi) is 6.44. The molecule has 0 unspecified atom stereocenters. The third-order valence-electron chi connectivity index (χ3n) is 6.25. The highest BCUT2D eigenvalue weighted by molar-refractivity contribution is 6.08. The highest BCUT2D eigenvalue weighted by atomic mass is 16.2. The Bertz CT molecular complexity index is 1360. The van der Waals surface area contributed by atoms with E-state index in [0.717, 1.165) is 41.8 Å². The van der Waals surface area contributed by atoms with Crippen LogP contribution in [0.25, 0.3) is 16.9 Å². The van der Waals surface area contributed by atoms with Crippen molar-refractivity contribution in [2.75, 3.05) is 11.9 Å². The number of aryl methyl sites for hydroxylation is 1. The number of hydrogen-bond donors (Lipinski definition) is 1. The number of rotatable bonds is 6. The van der Waals surface area contributed by atoms with Gasteiger partial charge in [-0.2, -0.15) is 5.10 Å². The first kappa shape index (κ1) is 22.6. The number of carbonyl (C=O) groups is 2. The van der Waals surface area contributed by atoms with Crippen LogP contribution in [0.1, 0.15) is 40.7 Å². The Hall–Kier alpha value is -4.19. The van der Waals surface area contributed by atoms with Crippen molar-refractivity contribution < 1.29 is 9.59 Å². The summed E-state index contributed by atoms with van der Waals surface area (Å²) in [5, 5.41) is 7.81. The van der Waals surface area contributed by atoms with E-state index < -0.39 is 0 Å². The van der Waals surface area contributed by atoms with E-state index in [1.165, 1.54) is 0 Å². The summed E-state index contributed by atoms with van der Waals surface area (Å²) in [5.41, 5.74) is 5.69. The van der Waals surface area contributed by atoms with Crippen LogP contribution in [0, 0.1) is 6.92 Å². The topological polar surface area (TPSA) is 67.2 Å². The van der Waals surface area contributed by atoms with Crippen LogP contribution < -0.4 is 5.32 Å². The molecular weight excluding hydrogens is 436 g/mol. The maximum Gasteiger partial charge on any atom is 0.259 e. The lowest BCUT2D eigenvalue weighted by Crippen LogP contribution is -2.34. The van der Waals surface area contributed by atoms with E-state index in [-0.39, 0.29) is 11.8 Å². The summed E-state index contributed by atoms with van der Waals surface area (Å²) in [4.78, 5) is 27.6. The highest BCUT2D eigenvalue weighted by Gasteiger charge is 2.20. The number of likely N-dealkylation sites (tertiary alicyclic amines) is 1. The number of hydrogen-bond acceptors (Lipinski definition) is 3. The van der Waals surface area contributed by atoms with Gasteiger partial charge in [-0.05, 0) is 55.7 Å². The summed E-state index contributed by atoms with van der Waals surface area (Å²) in [6.07, 6.45) is 4.39. The fraction of sp³-hybridized carbons (Fsp3) is 0.207. The molecular formula is C29H28N4O2. The average molecular weight is 465 g/mol. The van der Waals surface area contributed by atoms with Gasteiger partial charge in [-0.25, -0.2) is 4.68 Å². The number of nitrogens with one attached hydrogen (secondary N) is 1. The molecule has 6 nitrogen and oxygen atoms in total. The summed E-state index contributed by atoms with van der Waals surface area (Å²) in [5.74, 6) is -0.0308. The fourth-order valence-corrected chi connectivity index (χ4v) is 4.45. The second-order valence-electron chi connectivity index (χ2n) is 8.97. The van der Waals surface area contributed by atoms with Crippen molar-refractivity contribution in [1.29, 1.82) is 0 Å². The molecule has 2 heterocycles. The SMILES string of the molecule is Cc1cccc(-c2nn(-c3ccccc3)cc2C(=O)Nc2cccc(CN3CCCCC3=O)c2)c1. The number of benzene rings is 3. The minimum absolute atomic E-state index is 0.196. The summed E-state index contributed by atoms with van der Waals surface area (Å²) < 4.78 is 1.74. The third kappa shape index (κ3) is 5.17. The zero-order chi connectivity index (χ0) is 24.2. The van der Waals surface area contributed by atoms with Crippen LogP contribution in [0.3, 0.4) is 0 Å². The molecule has 1 saturated heterocycles. The number of piperidine rings is 1. The molecule has 1 aliphatic rings. The smallest absolute Gasteiger partial charge is 0.259 e. The third-order valence-corrected chi connectivity index (χ3v) is 6.25.